The molecule has 1 rings (SSSR count). The smallest absolute Gasteiger partial charge is 0.0431 e. The molecule has 80 valence electrons. The molecule has 1 heteroatoms. The van der Waals surface area contributed by atoms with Crippen LogP contribution in [-0.2, 0) is 0 Å². The molecule has 0 saturated carbocycles. The minimum atomic E-state index is 0.859. The molecule has 0 saturated heterocycles. The third kappa shape index (κ3) is 2.72. The van der Waals surface area contributed by atoms with Gasteiger partial charge in [-0.05, 0) is 25.0 Å². The van der Waals surface area contributed by atoms with Crippen LogP contribution in [0.4, 0.5) is 5.69 Å². The summed E-state index contributed by atoms with van der Waals surface area (Å²) in [6.07, 6.45) is 3.85. The van der Waals surface area contributed by atoms with Crippen molar-refractivity contribution in [1.29, 1.82) is 0 Å². The van der Waals surface area contributed by atoms with Gasteiger partial charge in [0.2, 0.25) is 0 Å². The second kappa shape index (κ2) is 5.40. The first-order valence-electron chi connectivity index (χ1n) is 5.23. The summed E-state index contributed by atoms with van der Waals surface area (Å²) in [5, 5.41) is 0. The lowest BCUT2D eigenvalue weighted by Crippen LogP contribution is -2.24. The van der Waals surface area contributed by atoms with Crippen LogP contribution in [0, 0.1) is 13.8 Å². The monoisotopic (exact) mass is 201 g/mol. The summed E-state index contributed by atoms with van der Waals surface area (Å²) in [4.78, 5) is 2.28. The standard InChI is InChI=1S/C14H19N/c1-5-10-15(11-6-2)14-12(3)8-7-9-13(14)4/h5-9H,1-2,10-11H2,3-4H3. The van der Waals surface area contributed by atoms with Crippen LogP contribution in [0.3, 0.4) is 0 Å². The summed E-state index contributed by atoms with van der Waals surface area (Å²) in [5.74, 6) is 0. The molecule has 0 bridgehead atoms. The first-order chi connectivity index (χ1) is 7.20. The van der Waals surface area contributed by atoms with Crippen molar-refractivity contribution < 1.29 is 0 Å². The van der Waals surface area contributed by atoms with Crippen LogP contribution in [0.15, 0.2) is 43.5 Å². The Bertz CT molecular complexity index is 322. The summed E-state index contributed by atoms with van der Waals surface area (Å²) in [6, 6.07) is 6.37. The molecule has 0 aliphatic carbocycles. The molecule has 0 aliphatic heterocycles. The topological polar surface area (TPSA) is 3.24 Å². The van der Waals surface area contributed by atoms with Crippen LogP contribution >= 0.6 is 0 Å². The molecule has 1 aromatic carbocycles. The van der Waals surface area contributed by atoms with E-state index >= 15 is 0 Å². The second-order valence-electron chi connectivity index (χ2n) is 3.72. The van der Waals surface area contributed by atoms with Gasteiger partial charge >= 0.3 is 0 Å². The number of nitrogens with zero attached hydrogens (tertiary/aromatic N) is 1. The number of hydrogen-bond donors (Lipinski definition) is 0. The van der Waals surface area contributed by atoms with E-state index in [-0.39, 0.29) is 0 Å². The molecule has 0 aromatic heterocycles. The molecule has 0 spiro atoms. The molecular weight excluding hydrogens is 182 g/mol. The Balaban J connectivity index is 3.08. The van der Waals surface area contributed by atoms with Crippen molar-refractivity contribution in [2.75, 3.05) is 18.0 Å². The minimum absolute atomic E-state index is 0.859. The van der Waals surface area contributed by atoms with Crippen molar-refractivity contribution in [3.63, 3.8) is 0 Å². The Morgan fingerprint density at radius 2 is 1.53 bits per heavy atom. The van der Waals surface area contributed by atoms with Crippen molar-refractivity contribution in [3.05, 3.63) is 54.6 Å². The largest absolute Gasteiger partial charge is 0.364 e. The zero-order chi connectivity index (χ0) is 11.3. The van der Waals surface area contributed by atoms with E-state index < -0.39 is 0 Å². The fraction of sp³-hybridized carbons (Fsp3) is 0.286. The van der Waals surface area contributed by atoms with E-state index in [0.717, 1.165) is 13.1 Å². The third-order valence-electron chi connectivity index (χ3n) is 2.45. The van der Waals surface area contributed by atoms with E-state index in [4.69, 9.17) is 0 Å². The first kappa shape index (κ1) is 11.6. The summed E-state index contributed by atoms with van der Waals surface area (Å²) in [6.45, 7) is 13.6. The van der Waals surface area contributed by atoms with Gasteiger partial charge in [0.1, 0.15) is 0 Å². The molecule has 0 atom stereocenters. The Hall–Kier alpha value is -1.50. The van der Waals surface area contributed by atoms with E-state index in [1.165, 1.54) is 16.8 Å². The highest BCUT2D eigenvalue weighted by Gasteiger charge is 2.08. The Morgan fingerprint density at radius 1 is 1.07 bits per heavy atom. The van der Waals surface area contributed by atoms with Crippen molar-refractivity contribution in [2.45, 2.75) is 13.8 Å². The molecule has 0 N–H and O–H groups in total. The van der Waals surface area contributed by atoms with Gasteiger partial charge < -0.3 is 4.90 Å². The molecule has 15 heavy (non-hydrogen) atoms. The lowest BCUT2D eigenvalue weighted by Gasteiger charge is -2.25. The summed E-state index contributed by atoms with van der Waals surface area (Å²) >= 11 is 0. The fourth-order valence-corrected chi connectivity index (χ4v) is 1.87. The van der Waals surface area contributed by atoms with Crippen molar-refractivity contribution >= 4 is 5.69 Å². The maximum atomic E-state index is 3.79. The molecule has 0 radical (unpaired) electrons. The lowest BCUT2D eigenvalue weighted by molar-refractivity contribution is 0.942. The van der Waals surface area contributed by atoms with E-state index in [9.17, 15) is 0 Å². The Kier molecular flexibility index (Phi) is 4.17. The number of aryl methyl sites for hydroxylation is 2. The van der Waals surface area contributed by atoms with Crippen LogP contribution in [0.25, 0.3) is 0 Å². The van der Waals surface area contributed by atoms with Gasteiger partial charge in [0.05, 0.1) is 0 Å². The van der Waals surface area contributed by atoms with Crippen molar-refractivity contribution in [2.24, 2.45) is 0 Å². The van der Waals surface area contributed by atoms with Gasteiger partial charge in [-0.1, -0.05) is 30.4 Å². The van der Waals surface area contributed by atoms with Gasteiger partial charge in [-0.3, -0.25) is 0 Å². The molecule has 1 nitrogen and oxygen atoms in total. The number of rotatable bonds is 5. The predicted octanol–water partition coefficient (Wildman–Crippen LogP) is 3.48. The molecule has 0 aliphatic rings. The van der Waals surface area contributed by atoms with Crippen LogP contribution in [0.1, 0.15) is 11.1 Å². The van der Waals surface area contributed by atoms with Crippen LogP contribution in [0.5, 0.6) is 0 Å². The molecule has 0 unspecified atom stereocenters. The van der Waals surface area contributed by atoms with Gasteiger partial charge in [0.15, 0.2) is 0 Å². The van der Waals surface area contributed by atoms with Gasteiger partial charge in [-0.15, -0.1) is 13.2 Å². The summed E-state index contributed by atoms with van der Waals surface area (Å²) < 4.78 is 0. The number of benzene rings is 1. The normalized spacial score (nSPS) is 9.73. The molecule has 1 aromatic rings. The van der Waals surface area contributed by atoms with E-state index in [1.807, 2.05) is 12.2 Å². The van der Waals surface area contributed by atoms with Crippen LogP contribution in [-0.4, -0.2) is 13.1 Å². The highest BCUT2D eigenvalue weighted by atomic mass is 15.1. The van der Waals surface area contributed by atoms with Gasteiger partial charge in [0, 0.05) is 18.8 Å². The van der Waals surface area contributed by atoms with Gasteiger partial charge in [-0.25, -0.2) is 0 Å². The molecule has 0 fully saturated rings. The minimum Gasteiger partial charge on any atom is -0.364 e. The highest BCUT2D eigenvalue weighted by Crippen LogP contribution is 2.24. The van der Waals surface area contributed by atoms with Crippen LogP contribution in [0.2, 0.25) is 0 Å². The number of para-hydroxylation sites is 1. The summed E-state index contributed by atoms with van der Waals surface area (Å²) in [7, 11) is 0. The average molecular weight is 201 g/mol. The van der Waals surface area contributed by atoms with E-state index in [1.54, 1.807) is 0 Å². The van der Waals surface area contributed by atoms with E-state index in [2.05, 4.69) is 50.1 Å². The number of anilines is 1. The SMILES string of the molecule is C=CCN(CC=C)c1c(C)cccc1C. The average Bonchev–Trinajstić information content (AvgIpc) is 2.18. The molecule has 0 heterocycles. The maximum absolute atomic E-state index is 3.79. The lowest BCUT2D eigenvalue weighted by atomic mass is 10.1. The Morgan fingerprint density at radius 3 is 1.93 bits per heavy atom. The highest BCUT2D eigenvalue weighted by molar-refractivity contribution is 5.59. The maximum Gasteiger partial charge on any atom is 0.0431 e. The Labute approximate surface area is 92.7 Å². The zero-order valence-corrected chi connectivity index (χ0v) is 9.66. The number of hydrogen-bond acceptors (Lipinski definition) is 1. The first-order valence-corrected chi connectivity index (χ1v) is 5.23. The van der Waals surface area contributed by atoms with Crippen molar-refractivity contribution in [1.82, 2.24) is 0 Å². The van der Waals surface area contributed by atoms with Gasteiger partial charge in [-0.2, -0.15) is 0 Å². The zero-order valence-electron chi connectivity index (χ0n) is 9.66. The van der Waals surface area contributed by atoms with Crippen molar-refractivity contribution in [3.8, 4) is 0 Å². The quantitative estimate of drug-likeness (QED) is 0.659. The van der Waals surface area contributed by atoms with Crippen LogP contribution < -0.4 is 4.90 Å². The van der Waals surface area contributed by atoms with Gasteiger partial charge in [0.25, 0.3) is 0 Å². The van der Waals surface area contributed by atoms with E-state index in [0.29, 0.717) is 0 Å². The molecule has 0 amide bonds. The summed E-state index contributed by atoms with van der Waals surface area (Å²) in [5.41, 5.74) is 3.91. The predicted molar refractivity (Wildman–Crippen MR) is 68.5 cm³/mol. The second-order valence-corrected chi connectivity index (χ2v) is 3.72. The fourth-order valence-electron chi connectivity index (χ4n) is 1.87. The third-order valence-corrected chi connectivity index (χ3v) is 2.45. The molecular formula is C14H19N.